The van der Waals surface area contributed by atoms with Crippen LogP contribution in [0.4, 0.5) is 0 Å². The van der Waals surface area contributed by atoms with Gasteiger partial charge in [-0.15, -0.1) is 23.5 Å². The van der Waals surface area contributed by atoms with Crippen LogP contribution in [-0.4, -0.2) is 102 Å². The van der Waals surface area contributed by atoms with E-state index in [4.69, 9.17) is 9.47 Å². The third-order valence-electron chi connectivity index (χ3n) is 7.88. The van der Waals surface area contributed by atoms with E-state index in [1.165, 1.54) is 0 Å². The second kappa shape index (κ2) is 12.7. The zero-order chi connectivity index (χ0) is 27.5. The number of allylic oxidation sites excluding steroid dienone is 5. The van der Waals surface area contributed by atoms with Crippen LogP contribution in [-0.2, 0) is 19.1 Å². The van der Waals surface area contributed by atoms with E-state index in [0.29, 0.717) is 32.8 Å². The van der Waals surface area contributed by atoms with Crippen LogP contribution in [0.15, 0.2) is 71.3 Å². The molecule has 5 heterocycles. The minimum atomic E-state index is -0.212. The van der Waals surface area contributed by atoms with Crippen molar-refractivity contribution < 1.29 is 19.1 Å². The quantitative estimate of drug-likeness (QED) is 0.448. The monoisotopic (exact) mass is 583 g/mol. The normalized spacial score (nSPS) is 31.7. The summed E-state index contributed by atoms with van der Waals surface area (Å²) in [5.41, 5.74) is 3.92. The Labute approximate surface area is 244 Å². The molecule has 5 unspecified atom stereocenters. The smallest absolute Gasteiger partial charge is 0.241 e. The summed E-state index contributed by atoms with van der Waals surface area (Å²) in [5.74, 6) is 0.0153. The topological polar surface area (TPSA) is 95.2 Å². The molecule has 0 aromatic carbocycles. The molecular formula is C29H37N5O4S2. The minimum absolute atomic E-state index is 0.00513. The molecule has 1 aliphatic carbocycles. The van der Waals surface area contributed by atoms with Gasteiger partial charge in [0, 0.05) is 60.2 Å². The van der Waals surface area contributed by atoms with Gasteiger partial charge in [0.15, 0.2) is 0 Å². The summed E-state index contributed by atoms with van der Waals surface area (Å²) >= 11 is 3.69. The van der Waals surface area contributed by atoms with Gasteiger partial charge in [-0.25, -0.2) is 0 Å². The number of nitrogens with one attached hydrogen (secondary N) is 3. The molecule has 214 valence electrons. The van der Waals surface area contributed by atoms with Gasteiger partial charge in [-0.05, 0) is 30.7 Å². The SMILES string of the molecule is CC(C(=O)NC1=CC2NC(C=C1)SC1C(C3=CC(N4CCOCC4)=CCC(=O)N3)=CC=CC1S2)N1CCOCC1. The van der Waals surface area contributed by atoms with E-state index in [-0.39, 0.29) is 39.1 Å². The number of ether oxygens (including phenoxy) is 2. The van der Waals surface area contributed by atoms with Crippen LogP contribution < -0.4 is 16.0 Å². The Balaban J connectivity index is 1.17. The van der Waals surface area contributed by atoms with Gasteiger partial charge < -0.3 is 25.0 Å². The van der Waals surface area contributed by atoms with Gasteiger partial charge in [0.2, 0.25) is 11.8 Å². The predicted octanol–water partition coefficient (Wildman–Crippen LogP) is 1.85. The van der Waals surface area contributed by atoms with Crippen LogP contribution >= 0.6 is 23.5 Å². The van der Waals surface area contributed by atoms with E-state index in [9.17, 15) is 9.59 Å². The third-order valence-corrected chi connectivity index (χ3v) is 10.8. The molecule has 3 saturated heterocycles. The van der Waals surface area contributed by atoms with Crippen LogP contribution in [0.25, 0.3) is 0 Å². The number of carbonyl (C=O) groups excluding carboxylic acids is 2. The molecule has 3 fully saturated rings. The Morgan fingerprint density at radius 1 is 1.07 bits per heavy atom. The molecule has 6 rings (SSSR count). The fourth-order valence-electron chi connectivity index (χ4n) is 5.62. The van der Waals surface area contributed by atoms with E-state index >= 15 is 0 Å². The standard InChI is InChI=1S/C29H37N5O4S2/c1-19(33-9-13-37-14-10-33)29(36)30-20-5-8-26-32-27(17-20)39-24-4-2-3-22(28(24)40-26)23-18-21(6-7-25(35)31-23)34-11-15-38-16-12-34/h2-6,8,17-19,24,26-28,32H,7,9-16H2,1H3,(H,30,36)(H,31,35). The second-order valence-corrected chi connectivity index (χ2v) is 13.1. The van der Waals surface area contributed by atoms with E-state index in [1.807, 2.05) is 42.6 Å². The first kappa shape index (κ1) is 27.9. The Bertz CT molecular complexity index is 1180. The lowest BCUT2D eigenvalue weighted by molar-refractivity contribution is -0.126. The van der Waals surface area contributed by atoms with Crippen LogP contribution in [0.1, 0.15) is 13.3 Å². The van der Waals surface area contributed by atoms with Gasteiger partial charge in [-0.1, -0.05) is 30.4 Å². The molecule has 2 amide bonds. The second-order valence-electron chi connectivity index (χ2n) is 10.5. The lowest BCUT2D eigenvalue weighted by atomic mass is 10.00. The highest BCUT2D eigenvalue weighted by molar-refractivity contribution is 8.05. The summed E-state index contributed by atoms with van der Waals surface area (Å²) in [6, 6.07) is -0.212. The van der Waals surface area contributed by atoms with Crippen molar-refractivity contribution in [2.75, 3.05) is 52.6 Å². The van der Waals surface area contributed by atoms with Crippen LogP contribution in [0.5, 0.6) is 0 Å². The van der Waals surface area contributed by atoms with Crippen molar-refractivity contribution in [2.45, 2.75) is 40.6 Å². The molecule has 0 saturated carbocycles. The Morgan fingerprint density at radius 3 is 2.65 bits per heavy atom. The molecule has 0 spiro atoms. The maximum Gasteiger partial charge on any atom is 0.241 e. The van der Waals surface area contributed by atoms with Crippen molar-refractivity contribution in [1.82, 2.24) is 25.8 Å². The average molecular weight is 584 g/mol. The first-order chi connectivity index (χ1) is 19.5. The first-order valence-electron chi connectivity index (χ1n) is 14.1. The maximum absolute atomic E-state index is 13.0. The van der Waals surface area contributed by atoms with Crippen molar-refractivity contribution in [3.05, 3.63) is 71.3 Å². The van der Waals surface area contributed by atoms with Gasteiger partial charge >= 0.3 is 0 Å². The molecule has 9 nitrogen and oxygen atoms in total. The minimum Gasteiger partial charge on any atom is -0.379 e. The van der Waals surface area contributed by atoms with Gasteiger partial charge in [0.05, 0.1) is 43.2 Å². The number of amides is 2. The Morgan fingerprint density at radius 2 is 1.85 bits per heavy atom. The number of fused-ring (bicyclic) bond motifs is 3. The van der Waals surface area contributed by atoms with Crippen molar-refractivity contribution in [3.63, 3.8) is 0 Å². The number of hydrogen-bond donors (Lipinski definition) is 3. The number of rotatable bonds is 5. The Kier molecular flexibility index (Phi) is 8.85. The summed E-state index contributed by atoms with van der Waals surface area (Å²) in [6.45, 7) is 7.89. The van der Waals surface area contributed by atoms with Crippen LogP contribution in [0.2, 0.25) is 0 Å². The zero-order valence-corrected chi connectivity index (χ0v) is 24.3. The van der Waals surface area contributed by atoms with Crippen LogP contribution in [0.3, 0.4) is 0 Å². The van der Waals surface area contributed by atoms with Gasteiger partial charge in [0.25, 0.3) is 0 Å². The fourth-order valence-corrected chi connectivity index (χ4v) is 8.66. The number of carbonyl (C=O) groups is 2. The molecule has 5 aliphatic heterocycles. The summed E-state index contributed by atoms with van der Waals surface area (Å²) in [5, 5.41) is 10.5. The largest absolute Gasteiger partial charge is 0.379 e. The molecule has 0 aromatic rings. The van der Waals surface area contributed by atoms with E-state index in [1.54, 1.807) is 0 Å². The van der Waals surface area contributed by atoms with E-state index in [2.05, 4.69) is 62.2 Å². The number of nitrogens with zero attached hydrogens (tertiary/aromatic N) is 2. The molecule has 11 heteroatoms. The maximum atomic E-state index is 13.0. The van der Waals surface area contributed by atoms with Crippen molar-refractivity contribution in [1.29, 1.82) is 0 Å². The summed E-state index contributed by atoms with van der Waals surface area (Å²) < 4.78 is 11.0. The number of thioether (sulfide) groups is 2. The molecule has 2 bridgehead atoms. The lowest BCUT2D eigenvalue weighted by Crippen LogP contribution is -2.49. The van der Waals surface area contributed by atoms with Gasteiger partial charge in [-0.2, -0.15) is 0 Å². The van der Waals surface area contributed by atoms with Crippen molar-refractivity contribution in [2.24, 2.45) is 0 Å². The first-order valence-corrected chi connectivity index (χ1v) is 15.9. The molecular weight excluding hydrogens is 546 g/mol. The molecule has 5 atom stereocenters. The fraction of sp³-hybridized carbons (Fsp3) is 0.517. The van der Waals surface area contributed by atoms with Gasteiger partial charge in [-0.3, -0.25) is 19.8 Å². The highest BCUT2D eigenvalue weighted by Crippen LogP contribution is 2.43. The van der Waals surface area contributed by atoms with Crippen molar-refractivity contribution in [3.8, 4) is 0 Å². The molecule has 3 N–H and O–H groups in total. The third kappa shape index (κ3) is 6.45. The Hall–Kier alpha value is -2.28. The van der Waals surface area contributed by atoms with Crippen molar-refractivity contribution >= 4 is 35.3 Å². The summed E-state index contributed by atoms with van der Waals surface area (Å²) in [7, 11) is 0. The van der Waals surface area contributed by atoms with Gasteiger partial charge in [0.1, 0.15) is 0 Å². The average Bonchev–Trinajstić information content (AvgIpc) is 3.38. The molecule has 40 heavy (non-hydrogen) atoms. The number of hydrogen-bond acceptors (Lipinski definition) is 9. The van der Waals surface area contributed by atoms with Crippen LogP contribution in [0, 0.1) is 0 Å². The predicted molar refractivity (Wildman–Crippen MR) is 159 cm³/mol. The lowest BCUT2D eigenvalue weighted by Gasteiger charge is -2.32. The van der Waals surface area contributed by atoms with E-state index < -0.39 is 0 Å². The highest BCUT2D eigenvalue weighted by Gasteiger charge is 2.37. The summed E-state index contributed by atoms with van der Waals surface area (Å²) in [6.07, 6.45) is 17.3. The molecule has 6 aliphatic rings. The van der Waals surface area contributed by atoms with E-state index in [0.717, 1.165) is 48.8 Å². The molecule has 0 aromatic heterocycles. The number of morpholine rings is 2. The highest BCUT2D eigenvalue weighted by atomic mass is 32.2. The zero-order valence-electron chi connectivity index (χ0n) is 22.7. The summed E-state index contributed by atoms with van der Waals surface area (Å²) in [4.78, 5) is 30.2. The molecule has 0 radical (unpaired) electrons.